The van der Waals surface area contributed by atoms with Crippen LogP contribution in [0.3, 0.4) is 0 Å². The fraction of sp³-hybridized carbons (Fsp3) is 0.867. The molecule has 0 aromatic rings. The number of carbonyl (C=O) groups excluding carboxylic acids is 2. The highest BCUT2D eigenvalue weighted by Gasteiger charge is 2.28. The second-order valence-electron chi connectivity index (χ2n) is 7.00. The highest BCUT2D eigenvalue weighted by molar-refractivity contribution is 5.78. The zero-order valence-corrected chi connectivity index (χ0v) is 13.4. The largest absolute Gasteiger partial charge is 0.444 e. The molecule has 0 atom stereocenters. The molecule has 120 valence electrons. The molecule has 0 saturated carbocycles. The van der Waals surface area contributed by atoms with Crippen LogP contribution in [-0.2, 0) is 9.53 Å². The second kappa shape index (κ2) is 6.64. The Morgan fingerprint density at radius 3 is 2.52 bits per heavy atom. The summed E-state index contributed by atoms with van der Waals surface area (Å²) in [6.45, 7) is 10.3. The standard InChI is InChI=1S/C15H27N3O3/c1-15(2,3)21-14(20)18-7-4-12(5-8-18)10-17-9-6-16-13(19)11-17/h12H,4-11H2,1-3H3,(H,16,19). The van der Waals surface area contributed by atoms with Crippen LogP contribution in [0.5, 0.6) is 0 Å². The van der Waals surface area contributed by atoms with Crippen LogP contribution in [0, 0.1) is 5.92 Å². The van der Waals surface area contributed by atoms with Gasteiger partial charge in [-0.3, -0.25) is 9.69 Å². The third kappa shape index (κ3) is 5.19. The van der Waals surface area contributed by atoms with Crippen molar-refractivity contribution in [1.82, 2.24) is 15.1 Å². The number of nitrogens with zero attached hydrogens (tertiary/aromatic N) is 2. The highest BCUT2D eigenvalue weighted by Crippen LogP contribution is 2.20. The van der Waals surface area contributed by atoms with E-state index in [4.69, 9.17) is 4.74 Å². The summed E-state index contributed by atoms with van der Waals surface area (Å²) < 4.78 is 5.40. The van der Waals surface area contributed by atoms with Crippen molar-refractivity contribution in [2.75, 3.05) is 39.3 Å². The number of piperidine rings is 1. The zero-order valence-electron chi connectivity index (χ0n) is 13.4. The summed E-state index contributed by atoms with van der Waals surface area (Å²) in [5.74, 6) is 0.682. The molecule has 2 rings (SSSR count). The number of likely N-dealkylation sites (tertiary alicyclic amines) is 1. The van der Waals surface area contributed by atoms with E-state index >= 15 is 0 Å². The lowest BCUT2D eigenvalue weighted by molar-refractivity contribution is -0.124. The first-order valence-corrected chi connectivity index (χ1v) is 7.80. The smallest absolute Gasteiger partial charge is 0.410 e. The van der Waals surface area contributed by atoms with Crippen LogP contribution in [0.1, 0.15) is 33.6 Å². The molecule has 2 aliphatic heterocycles. The Kier molecular flexibility index (Phi) is 5.08. The third-order valence-corrected chi connectivity index (χ3v) is 3.90. The molecule has 2 fully saturated rings. The SMILES string of the molecule is CC(C)(C)OC(=O)N1CCC(CN2CCNC(=O)C2)CC1. The number of ether oxygens (including phenoxy) is 1. The van der Waals surface area contributed by atoms with Crippen LogP contribution in [-0.4, -0.2) is 66.7 Å². The lowest BCUT2D eigenvalue weighted by Crippen LogP contribution is -2.50. The zero-order chi connectivity index (χ0) is 15.5. The topological polar surface area (TPSA) is 61.9 Å². The van der Waals surface area contributed by atoms with Gasteiger partial charge in [0.2, 0.25) is 5.91 Å². The molecular formula is C15H27N3O3. The van der Waals surface area contributed by atoms with Gasteiger partial charge in [0, 0.05) is 32.7 Å². The third-order valence-electron chi connectivity index (χ3n) is 3.90. The van der Waals surface area contributed by atoms with E-state index in [1.807, 2.05) is 20.8 Å². The molecule has 2 amide bonds. The lowest BCUT2D eigenvalue weighted by atomic mass is 9.96. The fourth-order valence-electron chi connectivity index (χ4n) is 2.84. The molecule has 1 N–H and O–H groups in total. The van der Waals surface area contributed by atoms with E-state index in [0.717, 1.165) is 45.6 Å². The van der Waals surface area contributed by atoms with E-state index in [0.29, 0.717) is 12.5 Å². The molecule has 0 aromatic heterocycles. The van der Waals surface area contributed by atoms with Crippen molar-refractivity contribution in [3.05, 3.63) is 0 Å². The molecular weight excluding hydrogens is 270 g/mol. The summed E-state index contributed by atoms with van der Waals surface area (Å²) >= 11 is 0. The van der Waals surface area contributed by atoms with Crippen molar-refractivity contribution in [2.24, 2.45) is 5.92 Å². The molecule has 0 aliphatic carbocycles. The van der Waals surface area contributed by atoms with Gasteiger partial charge in [-0.15, -0.1) is 0 Å². The molecule has 0 spiro atoms. The number of hydrogen-bond acceptors (Lipinski definition) is 4. The van der Waals surface area contributed by atoms with E-state index in [1.54, 1.807) is 4.90 Å². The molecule has 2 heterocycles. The predicted octanol–water partition coefficient (Wildman–Crippen LogP) is 1.07. The van der Waals surface area contributed by atoms with Crippen molar-refractivity contribution < 1.29 is 14.3 Å². The first-order valence-electron chi connectivity index (χ1n) is 7.80. The Hall–Kier alpha value is -1.30. The quantitative estimate of drug-likeness (QED) is 0.828. The summed E-state index contributed by atoms with van der Waals surface area (Å²) in [5, 5.41) is 2.84. The molecule has 6 heteroatoms. The van der Waals surface area contributed by atoms with Crippen LogP contribution in [0.4, 0.5) is 4.79 Å². The normalized spacial score (nSPS) is 22.0. The molecule has 0 unspecified atom stereocenters. The summed E-state index contributed by atoms with van der Waals surface area (Å²) in [4.78, 5) is 27.4. The van der Waals surface area contributed by atoms with Gasteiger partial charge in [0.05, 0.1) is 6.54 Å². The minimum Gasteiger partial charge on any atom is -0.444 e. The first-order chi connectivity index (χ1) is 9.83. The van der Waals surface area contributed by atoms with Crippen LogP contribution >= 0.6 is 0 Å². The average Bonchev–Trinajstić information content (AvgIpc) is 2.37. The molecule has 0 bridgehead atoms. The van der Waals surface area contributed by atoms with E-state index < -0.39 is 5.60 Å². The summed E-state index contributed by atoms with van der Waals surface area (Å²) in [5.41, 5.74) is -0.435. The highest BCUT2D eigenvalue weighted by atomic mass is 16.6. The fourth-order valence-corrected chi connectivity index (χ4v) is 2.84. The minimum atomic E-state index is -0.435. The van der Waals surface area contributed by atoms with E-state index in [1.165, 1.54) is 0 Å². The Bertz CT molecular complexity index is 384. The Morgan fingerprint density at radius 1 is 1.29 bits per heavy atom. The monoisotopic (exact) mass is 297 g/mol. The molecule has 21 heavy (non-hydrogen) atoms. The van der Waals surface area contributed by atoms with Crippen LogP contribution < -0.4 is 5.32 Å². The number of rotatable bonds is 2. The maximum absolute atomic E-state index is 12.0. The van der Waals surface area contributed by atoms with Gasteiger partial charge in [0.1, 0.15) is 5.60 Å². The van der Waals surface area contributed by atoms with Crippen molar-refractivity contribution in [3.8, 4) is 0 Å². The first kappa shape index (κ1) is 16.1. The van der Waals surface area contributed by atoms with Gasteiger partial charge in [-0.25, -0.2) is 4.79 Å². The van der Waals surface area contributed by atoms with Gasteiger partial charge in [0.15, 0.2) is 0 Å². The minimum absolute atomic E-state index is 0.118. The van der Waals surface area contributed by atoms with Crippen molar-refractivity contribution in [1.29, 1.82) is 0 Å². The maximum atomic E-state index is 12.0. The Labute approximate surface area is 126 Å². The Balaban J connectivity index is 1.73. The van der Waals surface area contributed by atoms with Gasteiger partial charge < -0.3 is 15.0 Å². The van der Waals surface area contributed by atoms with E-state index in [2.05, 4.69) is 10.2 Å². The van der Waals surface area contributed by atoms with Gasteiger partial charge in [0.25, 0.3) is 0 Å². The number of hydrogen-bond donors (Lipinski definition) is 1. The van der Waals surface area contributed by atoms with Crippen molar-refractivity contribution in [2.45, 2.75) is 39.2 Å². The summed E-state index contributed by atoms with van der Waals surface area (Å²) in [7, 11) is 0. The van der Waals surface area contributed by atoms with Gasteiger partial charge in [-0.2, -0.15) is 0 Å². The maximum Gasteiger partial charge on any atom is 0.410 e. The van der Waals surface area contributed by atoms with Crippen LogP contribution in [0.25, 0.3) is 0 Å². The molecule has 2 saturated heterocycles. The van der Waals surface area contributed by atoms with E-state index in [-0.39, 0.29) is 12.0 Å². The van der Waals surface area contributed by atoms with Crippen molar-refractivity contribution in [3.63, 3.8) is 0 Å². The van der Waals surface area contributed by atoms with Crippen molar-refractivity contribution >= 4 is 12.0 Å². The Morgan fingerprint density at radius 2 is 1.95 bits per heavy atom. The second-order valence-corrected chi connectivity index (χ2v) is 7.00. The van der Waals surface area contributed by atoms with Gasteiger partial charge >= 0.3 is 6.09 Å². The molecule has 6 nitrogen and oxygen atoms in total. The predicted molar refractivity (Wildman–Crippen MR) is 80.0 cm³/mol. The van der Waals surface area contributed by atoms with Crippen LogP contribution in [0.2, 0.25) is 0 Å². The summed E-state index contributed by atoms with van der Waals surface area (Å²) in [6.07, 6.45) is 1.76. The molecule has 0 radical (unpaired) electrons. The number of piperazine rings is 1. The van der Waals surface area contributed by atoms with Gasteiger partial charge in [-0.05, 0) is 39.5 Å². The number of amides is 2. The van der Waals surface area contributed by atoms with Crippen LogP contribution in [0.15, 0.2) is 0 Å². The molecule has 2 aliphatic rings. The summed E-state index contributed by atoms with van der Waals surface area (Å²) in [6, 6.07) is 0. The number of nitrogens with one attached hydrogen (secondary N) is 1. The lowest BCUT2D eigenvalue weighted by Gasteiger charge is -2.36. The average molecular weight is 297 g/mol. The number of carbonyl (C=O) groups is 2. The van der Waals surface area contributed by atoms with E-state index in [9.17, 15) is 9.59 Å². The molecule has 0 aromatic carbocycles. The van der Waals surface area contributed by atoms with Gasteiger partial charge in [-0.1, -0.05) is 0 Å².